The minimum Gasteiger partial charge on any atom is -0.489 e. The molecule has 0 aromatic heterocycles. The van der Waals surface area contributed by atoms with Crippen LogP contribution in [0.3, 0.4) is 0 Å². The standard InChI is InChI=1S/C22H25ClN2O3/c1-22(2,3)19-13-20(25-28-19)24-21(26)12-15-6-10-18(11-7-15)27-14-16-4-8-17(23)9-5-16/h4-11,13,19,25H,12,14H2,1-3H3,(H,24,26). The summed E-state index contributed by atoms with van der Waals surface area (Å²) >= 11 is 5.88. The normalized spacial score (nSPS) is 16.3. The highest BCUT2D eigenvalue weighted by atomic mass is 35.5. The summed E-state index contributed by atoms with van der Waals surface area (Å²) < 4.78 is 5.76. The topological polar surface area (TPSA) is 59.6 Å². The fourth-order valence-corrected chi connectivity index (χ4v) is 2.80. The van der Waals surface area contributed by atoms with Crippen LogP contribution in [0.25, 0.3) is 0 Å². The van der Waals surface area contributed by atoms with Gasteiger partial charge in [0, 0.05) is 5.02 Å². The third-order valence-electron chi connectivity index (χ3n) is 4.35. The Morgan fingerprint density at radius 1 is 1.11 bits per heavy atom. The maximum absolute atomic E-state index is 12.3. The van der Waals surface area contributed by atoms with Gasteiger partial charge < -0.3 is 10.1 Å². The Labute approximate surface area is 170 Å². The van der Waals surface area contributed by atoms with Gasteiger partial charge in [-0.1, -0.05) is 56.6 Å². The third kappa shape index (κ3) is 5.75. The molecule has 2 aromatic carbocycles. The summed E-state index contributed by atoms with van der Waals surface area (Å²) in [6.45, 7) is 6.71. The SMILES string of the molecule is CC(C)(C)C1C=C(NC(=O)Cc2ccc(OCc3ccc(Cl)cc3)cc2)NO1. The molecule has 1 aliphatic heterocycles. The smallest absolute Gasteiger partial charge is 0.229 e. The average molecular weight is 401 g/mol. The van der Waals surface area contributed by atoms with Gasteiger partial charge in [-0.3, -0.25) is 15.1 Å². The molecule has 148 valence electrons. The molecule has 1 atom stereocenters. The van der Waals surface area contributed by atoms with Crippen molar-refractivity contribution in [1.29, 1.82) is 0 Å². The molecule has 1 amide bonds. The largest absolute Gasteiger partial charge is 0.489 e. The van der Waals surface area contributed by atoms with Crippen molar-refractivity contribution in [1.82, 2.24) is 10.8 Å². The Balaban J connectivity index is 1.48. The molecule has 1 aliphatic rings. The number of nitrogens with one attached hydrogen (secondary N) is 2. The van der Waals surface area contributed by atoms with E-state index in [1.165, 1.54) is 0 Å². The molecule has 0 saturated carbocycles. The number of rotatable bonds is 6. The Kier molecular flexibility index (Phi) is 6.27. The molecular weight excluding hydrogens is 376 g/mol. The zero-order valence-electron chi connectivity index (χ0n) is 16.3. The number of benzene rings is 2. The van der Waals surface area contributed by atoms with Crippen molar-refractivity contribution in [3.63, 3.8) is 0 Å². The van der Waals surface area contributed by atoms with Crippen LogP contribution in [0, 0.1) is 5.41 Å². The van der Waals surface area contributed by atoms with Crippen molar-refractivity contribution in [2.45, 2.75) is 39.9 Å². The molecule has 0 fully saturated rings. The molecule has 1 heterocycles. The second kappa shape index (κ2) is 8.67. The predicted octanol–water partition coefficient (Wildman–Crippen LogP) is 4.37. The van der Waals surface area contributed by atoms with Gasteiger partial charge in [0.15, 0.2) is 0 Å². The van der Waals surface area contributed by atoms with Crippen LogP contribution in [0.15, 0.2) is 60.4 Å². The molecule has 0 aliphatic carbocycles. The summed E-state index contributed by atoms with van der Waals surface area (Å²) in [5.74, 6) is 1.24. The van der Waals surface area contributed by atoms with E-state index in [9.17, 15) is 4.79 Å². The monoisotopic (exact) mass is 400 g/mol. The highest BCUT2D eigenvalue weighted by Crippen LogP contribution is 2.26. The van der Waals surface area contributed by atoms with Crippen LogP contribution < -0.4 is 15.5 Å². The Morgan fingerprint density at radius 2 is 1.75 bits per heavy atom. The van der Waals surface area contributed by atoms with Gasteiger partial charge in [-0.25, -0.2) is 0 Å². The van der Waals surface area contributed by atoms with Crippen molar-refractivity contribution < 1.29 is 14.4 Å². The Morgan fingerprint density at radius 3 is 2.36 bits per heavy atom. The second-order valence-electron chi connectivity index (χ2n) is 7.87. The van der Waals surface area contributed by atoms with Crippen molar-refractivity contribution in [3.05, 3.63) is 76.6 Å². The molecule has 0 saturated heterocycles. The molecule has 2 N–H and O–H groups in total. The van der Waals surface area contributed by atoms with Gasteiger partial charge in [0.1, 0.15) is 24.3 Å². The van der Waals surface area contributed by atoms with Crippen LogP contribution in [0.2, 0.25) is 5.02 Å². The van der Waals surface area contributed by atoms with E-state index in [2.05, 4.69) is 31.6 Å². The number of hydroxylamine groups is 1. The molecule has 5 nitrogen and oxygen atoms in total. The molecule has 1 unspecified atom stereocenters. The van der Waals surface area contributed by atoms with Crippen LogP contribution in [-0.2, 0) is 22.7 Å². The van der Waals surface area contributed by atoms with Crippen LogP contribution in [0.4, 0.5) is 0 Å². The zero-order valence-corrected chi connectivity index (χ0v) is 17.0. The molecule has 28 heavy (non-hydrogen) atoms. The average Bonchev–Trinajstić information content (AvgIpc) is 3.11. The summed E-state index contributed by atoms with van der Waals surface area (Å²) in [7, 11) is 0. The summed E-state index contributed by atoms with van der Waals surface area (Å²) in [6, 6.07) is 15.1. The number of hydrogen-bond acceptors (Lipinski definition) is 4. The quantitative estimate of drug-likeness (QED) is 0.756. The summed E-state index contributed by atoms with van der Waals surface area (Å²) in [6.07, 6.45) is 2.09. The van der Waals surface area contributed by atoms with Crippen molar-refractivity contribution in [3.8, 4) is 5.75 Å². The number of hydrogen-bond donors (Lipinski definition) is 2. The Bertz CT molecular complexity index is 840. The van der Waals surface area contributed by atoms with Crippen LogP contribution in [-0.4, -0.2) is 12.0 Å². The number of carbonyl (C=O) groups is 1. The lowest BCUT2D eigenvalue weighted by Gasteiger charge is -2.22. The molecule has 2 aromatic rings. The van der Waals surface area contributed by atoms with Crippen LogP contribution >= 0.6 is 11.6 Å². The minimum atomic E-state index is -0.105. The molecule has 0 spiro atoms. The first-order valence-corrected chi connectivity index (χ1v) is 9.57. The van der Waals surface area contributed by atoms with Gasteiger partial charge in [0.05, 0.1) is 6.42 Å². The molecule has 6 heteroatoms. The lowest BCUT2D eigenvalue weighted by Crippen LogP contribution is -2.30. The first-order valence-electron chi connectivity index (χ1n) is 9.19. The van der Waals surface area contributed by atoms with Gasteiger partial charge in [0.25, 0.3) is 0 Å². The van der Waals surface area contributed by atoms with Crippen molar-refractivity contribution in [2.75, 3.05) is 0 Å². The summed E-state index contributed by atoms with van der Waals surface area (Å²) in [4.78, 5) is 17.7. The van der Waals surface area contributed by atoms with Crippen molar-refractivity contribution in [2.24, 2.45) is 5.41 Å². The van der Waals surface area contributed by atoms with E-state index < -0.39 is 0 Å². The maximum atomic E-state index is 12.3. The number of halogens is 1. The summed E-state index contributed by atoms with van der Waals surface area (Å²) in [5, 5.41) is 3.54. The van der Waals surface area contributed by atoms with Crippen LogP contribution in [0.1, 0.15) is 31.9 Å². The van der Waals surface area contributed by atoms with E-state index in [-0.39, 0.29) is 23.8 Å². The molecule has 3 rings (SSSR count). The van der Waals surface area contributed by atoms with Gasteiger partial charge in [-0.15, -0.1) is 0 Å². The first-order chi connectivity index (χ1) is 13.3. The number of carbonyl (C=O) groups excluding carboxylic acids is 1. The van der Waals surface area contributed by atoms with E-state index in [0.29, 0.717) is 17.5 Å². The lowest BCUT2D eigenvalue weighted by atomic mass is 9.89. The van der Waals surface area contributed by atoms with E-state index in [1.54, 1.807) is 0 Å². The van der Waals surface area contributed by atoms with Crippen LogP contribution in [0.5, 0.6) is 5.75 Å². The third-order valence-corrected chi connectivity index (χ3v) is 4.60. The second-order valence-corrected chi connectivity index (χ2v) is 8.31. The maximum Gasteiger partial charge on any atom is 0.229 e. The molecule has 0 bridgehead atoms. The predicted molar refractivity (Wildman–Crippen MR) is 110 cm³/mol. The fourth-order valence-electron chi connectivity index (χ4n) is 2.67. The van der Waals surface area contributed by atoms with Gasteiger partial charge in [-0.05, 0) is 46.9 Å². The van der Waals surface area contributed by atoms with Gasteiger partial charge in [0.2, 0.25) is 5.91 Å². The van der Waals surface area contributed by atoms with Crippen molar-refractivity contribution >= 4 is 17.5 Å². The lowest BCUT2D eigenvalue weighted by molar-refractivity contribution is -0.120. The molecule has 0 radical (unpaired) electrons. The fraction of sp³-hybridized carbons (Fsp3) is 0.318. The van der Waals surface area contributed by atoms with Gasteiger partial charge >= 0.3 is 0 Å². The van der Waals surface area contributed by atoms with Gasteiger partial charge in [-0.2, -0.15) is 0 Å². The number of amides is 1. The highest BCUT2D eigenvalue weighted by Gasteiger charge is 2.29. The molecular formula is C22H25ClN2O3. The van der Waals surface area contributed by atoms with E-state index >= 15 is 0 Å². The van der Waals surface area contributed by atoms with E-state index in [1.807, 2.05) is 54.6 Å². The summed E-state index contributed by atoms with van der Waals surface area (Å²) in [5.41, 5.74) is 4.68. The first kappa shape index (κ1) is 20.2. The number of ether oxygens (including phenoxy) is 1. The highest BCUT2D eigenvalue weighted by molar-refractivity contribution is 6.30. The Hall–Kier alpha value is -2.50. The van der Waals surface area contributed by atoms with E-state index in [0.717, 1.165) is 16.9 Å². The van der Waals surface area contributed by atoms with E-state index in [4.69, 9.17) is 21.2 Å². The minimum absolute atomic E-state index is 0.0404. The zero-order chi connectivity index (χ0) is 20.1.